The van der Waals surface area contributed by atoms with Gasteiger partial charge in [0, 0.05) is 17.1 Å². The summed E-state index contributed by atoms with van der Waals surface area (Å²) < 4.78 is 10.8. The Hall–Kier alpha value is -4.42. The maximum absolute atomic E-state index is 13.5. The summed E-state index contributed by atoms with van der Waals surface area (Å²) in [5.41, 5.74) is 3.49. The van der Waals surface area contributed by atoms with E-state index in [1.807, 2.05) is 31.2 Å². The van der Waals surface area contributed by atoms with Crippen molar-refractivity contribution in [3.05, 3.63) is 100 Å². The van der Waals surface area contributed by atoms with Crippen molar-refractivity contribution < 1.29 is 18.7 Å². The molecule has 0 spiro atoms. The number of nitrogens with one attached hydrogen (secondary N) is 3. The summed E-state index contributed by atoms with van der Waals surface area (Å²) in [6, 6.07) is 20.2. The molecule has 2 heterocycles. The number of nitrogens with zero attached hydrogens (tertiary/aromatic N) is 1. The van der Waals surface area contributed by atoms with E-state index in [4.69, 9.17) is 9.15 Å². The lowest BCUT2D eigenvalue weighted by molar-refractivity contribution is -0.114. The Bertz CT molecular complexity index is 1400. The van der Waals surface area contributed by atoms with Crippen molar-refractivity contribution in [2.45, 2.75) is 19.8 Å². The molecule has 188 valence electrons. The Balaban J connectivity index is 1.56. The second kappa shape index (κ2) is 11.5. The fourth-order valence-corrected chi connectivity index (χ4v) is 4.87. The van der Waals surface area contributed by atoms with E-state index >= 15 is 0 Å². The highest BCUT2D eigenvalue weighted by Gasteiger charge is 2.36. The van der Waals surface area contributed by atoms with E-state index in [0.717, 1.165) is 5.56 Å². The minimum absolute atomic E-state index is 0.0580. The van der Waals surface area contributed by atoms with Crippen molar-refractivity contribution in [2.24, 2.45) is 0 Å². The zero-order valence-electron chi connectivity index (χ0n) is 20.6. The van der Waals surface area contributed by atoms with Crippen LogP contribution < -0.4 is 20.7 Å². The standard InChI is InChI=1S/C28H26N4O4S/c1-17-7-4-5-8-22(17)32-27(34)25-18(2)30-28(21(15-29)26(25)23-9-6-14-36-23)37-16-24(33)31-19-10-12-20(35-3)13-11-19/h4-14,26,30H,16H2,1-3H3,(H,31,33)(H,32,34)/t26-/m0/s1. The molecule has 8 nitrogen and oxygen atoms in total. The van der Waals surface area contributed by atoms with Gasteiger partial charge in [-0.05, 0) is 61.9 Å². The second-order valence-electron chi connectivity index (χ2n) is 8.30. The van der Waals surface area contributed by atoms with Crippen molar-refractivity contribution in [3.8, 4) is 11.8 Å². The van der Waals surface area contributed by atoms with Gasteiger partial charge in [-0.25, -0.2) is 0 Å². The number of benzene rings is 2. The molecule has 1 aromatic heterocycles. The van der Waals surface area contributed by atoms with Crippen molar-refractivity contribution in [2.75, 3.05) is 23.5 Å². The van der Waals surface area contributed by atoms with Crippen LogP contribution in [0.15, 0.2) is 93.2 Å². The predicted octanol–water partition coefficient (Wildman–Crippen LogP) is 5.30. The molecule has 0 saturated carbocycles. The molecule has 0 saturated heterocycles. The summed E-state index contributed by atoms with van der Waals surface area (Å²) in [5, 5.41) is 19.6. The molecular formula is C28H26N4O4S. The molecule has 4 rings (SSSR count). The number of dihydropyridines is 1. The number of rotatable bonds is 8. The lowest BCUT2D eigenvalue weighted by Crippen LogP contribution is -2.31. The predicted molar refractivity (Wildman–Crippen MR) is 144 cm³/mol. The average Bonchev–Trinajstić information content (AvgIpc) is 3.43. The number of methoxy groups -OCH3 is 1. The summed E-state index contributed by atoms with van der Waals surface area (Å²) in [6.45, 7) is 3.68. The van der Waals surface area contributed by atoms with E-state index in [1.165, 1.54) is 18.0 Å². The van der Waals surface area contributed by atoms with E-state index in [-0.39, 0.29) is 17.6 Å². The molecule has 0 radical (unpaired) electrons. The lowest BCUT2D eigenvalue weighted by atomic mass is 9.85. The van der Waals surface area contributed by atoms with Crippen LogP contribution in [0.25, 0.3) is 0 Å². The van der Waals surface area contributed by atoms with Gasteiger partial charge in [-0.2, -0.15) is 5.26 Å². The van der Waals surface area contributed by atoms with Gasteiger partial charge in [0.2, 0.25) is 5.91 Å². The maximum Gasteiger partial charge on any atom is 0.254 e. The Labute approximate surface area is 219 Å². The van der Waals surface area contributed by atoms with Gasteiger partial charge in [-0.3, -0.25) is 9.59 Å². The molecule has 3 aromatic rings. The highest BCUT2D eigenvalue weighted by molar-refractivity contribution is 8.03. The van der Waals surface area contributed by atoms with Gasteiger partial charge in [0.05, 0.1) is 47.3 Å². The van der Waals surface area contributed by atoms with Crippen molar-refractivity contribution in [1.29, 1.82) is 5.26 Å². The fraction of sp³-hybridized carbons (Fsp3) is 0.179. The van der Waals surface area contributed by atoms with Gasteiger partial charge < -0.3 is 25.1 Å². The van der Waals surface area contributed by atoms with Gasteiger partial charge in [-0.15, -0.1) is 0 Å². The van der Waals surface area contributed by atoms with E-state index in [1.54, 1.807) is 50.4 Å². The minimum atomic E-state index is -0.725. The van der Waals surface area contributed by atoms with Gasteiger partial charge in [0.25, 0.3) is 5.91 Å². The maximum atomic E-state index is 13.5. The molecule has 0 bridgehead atoms. The minimum Gasteiger partial charge on any atom is -0.497 e. The highest BCUT2D eigenvalue weighted by Crippen LogP contribution is 2.41. The van der Waals surface area contributed by atoms with Crippen LogP contribution >= 0.6 is 11.8 Å². The van der Waals surface area contributed by atoms with Crippen LogP contribution in [0, 0.1) is 18.3 Å². The van der Waals surface area contributed by atoms with E-state index in [0.29, 0.717) is 44.8 Å². The number of ether oxygens (including phenoxy) is 1. The number of nitriles is 1. The van der Waals surface area contributed by atoms with E-state index in [9.17, 15) is 14.9 Å². The van der Waals surface area contributed by atoms with E-state index < -0.39 is 5.92 Å². The molecule has 0 aliphatic carbocycles. The first-order chi connectivity index (χ1) is 17.9. The van der Waals surface area contributed by atoms with Crippen molar-refractivity contribution in [3.63, 3.8) is 0 Å². The molecule has 0 unspecified atom stereocenters. The van der Waals surface area contributed by atoms with Crippen LogP contribution in [-0.4, -0.2) is 24.7 Å². The van der Waals surface area contributed by atoms with E-state index in [2.05, 4.69) is 22.0 Å². The summed E-state index contributed by atoms with van der Waals surface area (Å²) in [4.78, 5) is 26.1. The Morgan fingerprint density at radius 1 is 1.08 bits per heavy atom. The fourth-order valence-electron chi connectivity index (χ4n) is 3.98. The second-order valence-corrected chi connectivity index (χ2v) is 9.29. The first-order valence-electron chi connectivity index (χ1n) is 11.5. The molecular weight excluding hydrogens is 488 g/mol. The molecule has 3 N–H and O–H groups in total. The molecule has 0 fully saturated rings. The molecule has 37 heavy (non-hydrogen) atoms. The number of amides is 2. The number of anilines is 2. The summed E-state index contributed by atoms with van der Waals surface area (Å²) >= 11 is 1.19. The zero-order valence-corrected chi connectivity index (χ0v) is 21.4. The topological polar surface area (TPSA) is 116 Å². The largest absolute Gasteiger partial charge is 0.497 e. The quantitative estimate of drug-likeness (QED) is 0.373. The van der Waals surface area contributed by atoms with Gasteiger partial charge >= 0.3 is 0 Å². The van der Waals surface area contributed by atoms with Gasteiger partial charge in [0.1, 0.15) is 11.5 Å². The van der Waals surface area contributed by atoms with Crippen LogP contribution in [0.4, 0.5) is 11.4 Å². The average molecular weight is 515 g/mol. The van der Waals surface area contributed by atoms with Crippen LogP contribution in [-0.2, 0) is 9.59 Å². The number of para-hydroxylation sites is 1. The summed E-state index contributed by atoms with van der Waals surface area (Å²) in [7, 11) is 1.58. The number of allylic oxidation sites excluding steroid dienone is 2. The first-order valence-corrected chi connectivity index (χ1v) is 12.5. The van der Waals surface area contributed by atoms with Gasteiger partial charge in [-0.1, -0.05) is 30.0 Å². The molecule has 1 aliphatic rings. The van der Waals surface area contributed by atoms with Crippen LogP contribution in [0.5, 0.6) is 5.75 Å². The molecule has 9 heteroatoms. The van der Waals surface area contributed by atoms with Crippen molar-refractivity contribution in [1.82, 2.24) is 5.32 Å². The van der Waals surface area contributed by atoms with Crippen LogP contribution in [0.2, 0.25) is 0 Å². The third kappa shape index (κ3) is 5.88. The SMILES string of the molecule is COc1ccc(NC(=O)CSC2=C(C#N)[C@@H](c3ccco3)C(C(=O)Nc3ccccc3C)=C(C)N2)cc1. The number of furan rings is 1. The molecule has 2 amide bonds. The summed E-state index contributed by atoms with van der Waals surface area (Å²) in [5.74, 6) is -0.0833. The van der Waals surface area contributed by atoms with Crippen molar-refractivity contribution >= 4 is 35.0 Å². The number of aryl methyl sites for hydroxylation is 1. The number of hydrogen-bond donors (Lipinski definition) is 3. The third-order valence-electron chi connectivity index (χ3n) is 5.83. The summed E-state index contributed by atoms with van der Waals surface area (Å²) in [6.07, 6.45) is 1.51. The first kappa shape index (κ1) is 25.7. The molecule has 1 aliphatic heterocycles. The monoisotopic (exact) mass is 514 g/mol. The number of hydrogen-bond acceptors (Lipinski definition) is 7. The molecule has 1 atom stereocenters. The van der Waals surface area contributed by atoms with Crippen LogP contribution in [0.3, 0.4) is 0 Å². The normalized spacial score (nSPS) is 15.0. The van der Waals surface area contributed by atoms with Crippen LogP contribution in [0.1, 0.15) is 24.2 Å². The Kier molecular flexibility index (Phi) is 8.01. The Morgan fingerprint density at radius 3 is 2.49 bits per heavy atom. The zero-order chi connectivity index (χ0) is 26.4. The highest BCUT2D eigenvalue weighted by atomic mass is 32.2. The number of carbonyl (C=O) groups excluding carboxylic acids is 2. The lowest BCUT2D eigenvalue weighted by Gasteiger charge is -2.28. The molecule has 2 aromatic carbocycles. The Morgan fingerprint density at radius 2 is 1.84 bits per heavy atom. The number of carbonyl (C=O) groups is 2. The number of thioether (sulfide) groups is 1. The van der Waals surface area contributed by atoms with Gasteiger partial charge in [0.15, 0.2) is 0 Å². The smallest absolute Gasteiger partial charge is 0.254 e. The third-order valence-corrected chi connectivity index (χ3v) is 6.85.